The molecular formula is C19H15BN3O+. The Hall–Kier alpha value is -2.82. The van der Waals surface area contributed by atoms with Gasteiger partial charge in [-0.1, -0.05) is 24.3 Å². The molecule has 0 atom stereocenters. The average molecular weight is 312 g/mol. The highest BCUT2D eigenvalue weighted by molar-refractivity contribution is 6.26. The second kappa shape index (κ2) is 5.10. The van der Waals surface area contributed by atoms with E-state index in [2.05, 4.69) is 35.6 Å². The van der Waals surface area contributed by atoms with Crippen molar-refractivity contribution >= 4 is 36.1 Å². The van der Waals surface area contributed by atoms with Crippen LogP contribution in [0.3, 0.4) is 0 Å². The summed E-state index contributed by atoms with van der Waals surface area (Å²) in [6.07, 6.45) is 3.87. The van der Waals surface area contributed by atoms with Gasteiger partial charge in [-0.25, -0.2) is 0 Å². The van der Waals surface area contributed by atoms with Gasteiger partial charge in [0.15, 0.2) is 0 Å². The standard InChI is InChI=1S/C19H15BN3O/c20-23-10-9-13-6-3-11-24-17(13)19(23)22-18-14-7-1-4-12-5-2-8-15(21-18)16(12)14/h1-2,4-5,7-10H,3,6,11H2,(H,21,22)/q+1. The summed E-state index contributed by atoms with van der Waals surface area (Å²) in [7, 11) is 6.13. The molecule has 0 fully saturated rings. The van der Waals surface area contributed by atoms with Gasteiger partial charge in [0.2, 0.25) is 5.75 Å². The van der Waals surface area contributed by atoms with Crippen LogP contribution in [0, 0.1) is 0 Å². The molecule has 0 amide bonds. The lowest BCUT2D eigenvalue weighted by molar-refractivity contribution is -0.507. The number of hydrogen-bond donors (Lipinski definition) is 1. The molecule has 3 aromatic rings. The zero-order chi connectivity index (χ0) is 16.1. The van der Waals surface area contributed by atoms with E-state index >= 15 is 0 Å². The van der Waals surface area contributed by atoms with Gasteiger partial charge in [-0.3, -0.25) is 4.48 Å². The highest BCUT2D eigenvalue weighted by Crippen LogP contribution is 2.36. The molecule has 1 aromatic heterocycles. The molecule has 0 unspecified atom stereocenters. The van der Waals surface area contributed by atoms with Gasteiger partial charge in [-0.2, -0.15) is 0 Å². The Kier molecular flexibility index (Phi) is 2.89. The zero-order valence-electron chi connectivity index (χ0n) is 13.1. The van der Waals surface area contributed by atoms with E-state index in [0.29, 0.717) is 12.4 Å². The van der Waals surface area contributed by atoms with E-state index in [1.54, 1.807) is 0 Å². The van der Waals surface area contributed by atoms with E-state index in [1.165, 1.54) is 15.3 Å². The molecule has 5 rings (SSSR count). The predicted octanol–water partition coefficient (Wildman–Crippen LogP) is 2.89. The van der Waals surface area contributed by atoms with Gasteiger partial charge in [-0.05, 0) is 41.4 Å². The molecular weight excluding hydrogens is 297 g/mol. The number of amidine groups is 1. The number of hydrogen-bond acceptors (Lipinski definition) is 2. The highest BCUT2D eigenvalue weighted by Gasteiger charge is 2.28. The van der Waals surface area contributed by atoms with Crippen LogP contribution in [0.25, 0.3) is 10.8 Å². The van der Waals surface area contributed by atoms with Crippen molar-refractivity contribution in [3.63, 3.8) is 0 Å². The van der Waals surface area contributed by atoms with Crippen LogP contribution in [0.2, 0.25) is 0 Å². The SMILES string of the molecule is [B][n+]1ccc2c(c1N=C1Nc3cccc4cccc1c34)OCCC2. The van der Waals surface area contributed by atoms with Crippen LogP contribution in [0.1, 0.15) is 17.5 Å². The Morgan fingerprint density at radius 2 is 2.00 bits per heavy atom. The van der Waals surface area contributed by atoms with Crippen molar-refractivity contribution in [2.24, 2.45) is 4.99 Å². The minimum Gasteiger partial charge on any atom is -0.486 e. The van der Waals surface area contributed by atoms with Gasteiger partial charge >= 0.3 is 13.8 Å². The van der Waals surface area contributed by atoms with Crippen LogP contribution >= 0.6 is 0 Å². The highest BCUT2D eigenvalue weighted by atomic mass is 16.5. The van der Waals surface area contributed by atoms with Gasteiger partial charge in [0.25, 0.3) is 5.84 Å². The van der Waals surface area contributed by atoms with Crippen LogP contribution in [-0.2, 0) is 6.42 Å². The number of fused-ring (bicyclic) bond motifs is 1. The summed E-state index contributed by atoms with van der Waals surface area (Å²) in [4.78, 5) is 4.83. The smallest absolute Gasteiger partial charge is 0.409 e. The number of aromatic nitrogens is 1. The third-order valence-corrected chi connectivity index (χ3v) is 4.64. The van der Waals surface area contributed by atoms with Crippen molar-refractivity contribution < 1.29 is 9.21 Å². The molecule has 2 radical (unpaired) electrons. The summed E-state index contributed by atoms with van der Waals surface area (Å²) in [5.74, 6) is 2.26. The maximum Gasteiger partial charge on any atom is 0.409 e. The van der Waals surface area contributed by atoms with Crippen molar-refractivity contribution in [2.75, 3.05) is 11.9 Å². The molecule has 0 saturated heterocycles. The molecule has 4 nitrogen and oxygen atoms in total. The fourth-order valence-corrected chi connectivity index (χ4v) is 3.51. The fraction of sp³-hybridized carbons (Fsp3) is 0.158. The fourth-order valence-electron chi connectivity index (χ4n) is 3.51. The van der Waals surface area contributed by atoms with E-state index in [1.807, 2.05) is 18.3 Å². The average Bonchev–Trinajstić information content (AvgIpc) is 2.98. The van der Waals surface area contributed by atoms with Crippen LogP contribution in [0.5, 0.6) is 5.75 Å². The lowest BCUT2D eigenvalue weighted by atomic mass is 10.1. The summed E-state index contributed by atoms with van der Waals surface area (Å²) in [5, 5.41) is 5.82. The Morgan fingerprint density at radius 3 is 2.92 bits per heavy atom. The Morgan fingerprint density at radius 1 is 1.12 bits per heavy atom. The van der Waals surface area contributed by atoms with Gasteiger partial charge in [0.05, 0.1) is 24.1 Å². The Bertz CT molecular complexity index is 1010. The van der Waals surface area contributed by atoms with E-state index in [4.69, 9.17) is 17.7 Å². The second-order valence-electron chi connectivity index (χ2n) is 6.15. The number of pyridine rings is 1. The first-order valence-corrected chi connectivity index (χ1v) is 8.14. The molecule has 0 aliphatic carbocycles. The molecule has 0 saturated carbocycles. The summed E-state index contributed by atoms with van der Waals surface area (Å²) >= 11 is 0. The van der Waals surface area contributed by atoms with E-state index in [0.717, 1.165) is 41.2 Å². The van der Waals surface area contributed by atoms with Gasteiger partial charge < -0.3 is 10.1 Å². The van der Waals surface area contributed by atoms with E-state index in [9.17, 15) is 0 Å². The number of nitrogens with one attached hydrogen (secondary N) is 1. The Balaban J connectivity index is 1.71. The minimum absolute atomic E-state index is 0.652. The normalized spacial score (nSPS) is 16.8. The zero-order valence-corrected chi connectivity index (χ0v) is 13.1. The molecule has 1 N–H and O–H groups in total. The summed E-state index contributed by atoms with van der Waals surface area (Å²) in [6, 6.07) is 14.5. The molecule has 114 valence electrons. The number of anilines is 1. The number of benzene rings is 2. The molecule has 0 bridgehead atoms. The molecule has 3 heterocycles. The number of aryl methyl sites for hydroxylation is 1. The Labute approximate surface area is 141 Å². The van der Waals surface area contributed by atoms with Crippen molar-refractivity contribution in [3.8, 4) is 5.75 Å². The van der Waals surface area contributed by atoms with E-state index < -0.39 is 0 Å². The molecule has 5 heteroatoms. The lowest BCUT2D eigenvalue weighted by Crippen LogP contribution is -2.33. The minimum atomic E-state index is 0.652. The molecule has 2 aliphatic heterocycles. The van der Waals surface area contributed by atoms with Gasteiger partial charge in [-0.15, -0.1) is 0 Å². The number of nitrogens with zero attached hydrogens (tertiary/aromatic N) is 2. The van der Waals surface area contributed by atoms with E-state index in [-0.39, 0.29) is 0 Å². The van der Waals surface area contributed by atoms with Crippen molar-refractivity contribution in [1.29, 1.82) is 0 Å². The summed E-state index contributed by atoms with van der Waals surface area (Å²) in [5.41, 5.74) is 3.34. The first-order chi connectivity index (χ1) is 11.8. The molecule has 2 aliphatic rings. The maximum absolute atomic E-state index is 6.13. The molecule has 0 spiro atoms. The van der Waals surface area contributed by atoms with Crippen molar-refractivity contribution in [1.82, 2.24) is 0 Å². The van der Waals surface area contributed by atoms with Gasteiger partial charge in [0, 0.05) is 10.9 Å². The predicted molar refractivity (Wildman–Crippen MR) is 95.4 cm³/mol. The van der Waals surface area contributed by atoms with Crippen molar-refractivity contribution in [2.45, 2.75) is 12.8 Å². The van der Waals surface area contributed by atoms with Crippen LogP contribution < -0.4 is 14.5 Å². The maximum atomic E-state index is 6.13. The monoisotopic (exact) mass is 312 g/mol. The topological polar surface area (TPSA) is 37.5 Å². The third-order valence-electron chi connectivity index (χ3n) is 4.64. The first kappa shape index (κ1) is 13.6. The number of rotatable bonds is 1. The number of ether oxygens (including phenoxy) is 1. The van der Waals surface area contributed by atoms with Crippen molar-refractivity contribution in [3.05, 3.63) is 59.8 Å². The first-order valence-electron chi connectivity index (χ1n) is 8.14. The number of aliphatic imine (C=N–C) groups is 1. The third kappa shape index (κ3) is 1.94. The molecule has 24 heavy (non-hydrogen) atoms. The van der Waals surface area contributed by atoms with Crippen LogP contribution in [0.4, 0.5) is 11.5 Å². The van der Waals surface area contributed by atoms with Crippen LogP contribution in [-0.4, -0.2) is 20.4 Å². The summed E-state index contributed by atoms with van der Waals surface area (Å²) < 4.78 is 7.39. The summed E-state index contributed by atoms with van der Waals surface area (Å²) in [6.45, 7) is 0.706. The van der Waals surface area contributed by atoms with Gasteiger partial charge in [0.1, 0.15) is 0 Å². The quantitative estimate of drug-likeness (QED) is 0.702. The second-order valence-corrected chi connectivity index (χ2v) is 6.15. The van der Waals surface area contributed by atoms with Crippen LogP contribution in [0.15, 0.2) is 53.7 Å². The largest absolute Gasteiger partial charge is 0.486 e. The molecule has 2 aromatic carbocycles. The lowest BCUT2D eigenvalue weighted by Gasteiger charge is -2.16.